The number of hydrogen-bond donors (Lipinski definition) is 2. The van der Waals surface area contributed by atoms with Crippen molar-refractivity contribution < 1.29 is 13.6 Å². The molecule has 1 amide bonds. The zero-order chi connectivity index (χ0) is 27.8. The number of halogens is 4. The number of nitrogens with zero attached hydrogens (tertiary/aromatic N) is 1. The van der Waals surface area contributed by atoms with Crippen molar-refractivity contribution in [2.45, 2.75) is 89.3 Å². The van der Waals surface area contributed by atoms with Gasteiger partial charge in [-0.05, 0) is 67.2 Å². The molecular formula is C30H35Cl2F2N3O. The molecule has 38 heavy (non-hydrogen) atoms. The molecule has 0 aromatic heterocycles. The van der Waals surface area contributed by atoms with E-state index in [-0.39, 0.29) is 38.5 Å². The number of benzene rings is 2. The van der Waals surface area contributed by atoms with E-state index in [4.69, 9.17) is 23.2 Å². The van der Waals surface area contributed by atoms with Crippen LogP contribution in [0.25, 0.3) is 0 Å². The van der Waals surface area contributed by atoms with E-state index in [0.29, 0.717) is 12.3 Å². The van der Waals surface area contributed by atoms with Crippen molar-refractivity contribution in [3.63, 3.8) is 0 Å². The summed E-state index contributed by atoms with van der Waals surface area (Å²) >= 11 is 12.3. The minimum Gasteiger partial charge on any atom is -0.352 e. The molecule has 1 saturated heterocycles. The van der Waals surface area contributed by atoms with Crippen molar-refractivity contribution in [3.05, 3.63) is 69.2 Å². The second-order valence-electron chi connectivity index (χ2n) is 12.2. The van der Waals surface area contributed by atoms with Gasteiger partial charge < -0.3 is 10.6 Å². The largest absolute Gasteiger partial charge is 0.352 e. The lowest BCUT2D eigenvalue weighted by molar-refractivity contribution is -0.124. The molecule has 4 atom stereocenters. The van der Waals surface area contributed by atoms with Gasteiger partial charge in [0.25, 0.3) is 0 Å². The van der Waals surface area contributed by atoms with Crippen molar-refractivity contribution in [1.82, 2.24) is 10.6 Å². The molecule has 2 aliphatic rings. The van der Waals surface area contributed by atoms with Crippen LogP contribution >= 0.6 is 23.2 Å². The molecule has 4 nitrogen and oxygen atoms in total. The minimum atomic E-state index is -1.61. The first-order valence-corrected chi connectivity index (χ1v) is 14.0. The van der Waals surface area contributed by atoms with E-state index in [1.165, 1.54) is 24.3 Å². The molecule has 4 rings (SSSR count). The van der Waals surface area contributed by atoms with Gasteiger partial charge in [0.15, 0.2) is 0 Å². The maximum Gasteiger partial charge on any atom is 0.238 e. The molecule has 2 aromatic rings. The number of nitriles is 1. The van der Waals surface area contributed by atoms with Gasteiger partial charge in [-0.3, -0.25) is 4.79 Å². The number of amides is 1. The number of hydrogen-bond acceptors (Lipinski definition) is 3. The first-order chi connectivity index (χ1) is 17.9. The lowest BCUT2D eigenvalue weighted by atomic mass is 9.62. The van der Waals surface area contributed by atoms with Gasteiger partial charge >= 0.3 is 0 Å². The molecule has 0 bridgehead atoms. The summed E-state index contributed by atoms with van der Waals surface area (Å²) in [7, 11) is 0. The fraction of sp³-hybridized carbons (Fsp3) is 0.533. The van der Waals surface area contributed by atoms with Crippen molar-refractivity contribution in [2.24, 2.45) is 11.3 Å². The van der Waals surface area contributed by atoms with Crippen LogP contribution in [0.2, 0.25) is 10.0 Å². The van der Waals surface area contributed by atoms with Crippen LogP contribution in [0.1, 0.15) is 76.8 Å². The summed E-state index contributed by atoms with van der Waals surface area (Å²) < 4.78 is 31.4. The molecule has 204 valence electrons. The summed E-state index contributed by atoms with van der Waals surface area (Å²) in [5.74, 6) is -2.14. The third kappa shape index (κ3) is 5.57. The zero-order valence-corrected chi connectivity index (χ0v) is 23.8. The Balaban J connectivity index is 1.90. The average Bonchev–Trinajstić information content (AvgIpc) is 3.15. The molecule has 1 aliphatic carbocycles. The van der Waals surface area contributed by atoms with Crippen LogP contribution in [0.5, 0.6) is 0 Å². The SMILES string of the molecule is CC(C)(C)C[C@@H]1N[C@@H](C(=O)N[C@H]2CC[C@H](C)CC2)[C@H](c2cccc(Cl)c2F)[C@@]1(C#N)c1ccc(Cl)cc1F. The Morgan fingerprint density at radius 1 is 1.16 bits per heavy atom. The summed E-state index contributed by atoms with van der Waals surface area (Å²) in [4.78, 5) is 13.9. The molecule has 1 aliphatic heterocycles. The molecule has 1 saturated carbocycles. The topological polar surface area (TPSA) is 64.9 Å². The highest BCUT2D eigenvalue weighted by Crippen LogP contribution is 2.52. The van der Waals surface area contributed by atoms with Gasteiger partial charge in [-0.2, -0.15) is 5.26 Å². The quantitative estimate of drug-likeness (QED) is 0.402. The van der Waals surface area contributed by atoms with E-state index in [1.807, 2.05) is 20.8 Å². The van der Waals surface area contributed by atoms with E-state index >= 15 is 8.78 Å². The van der Waals surface area contributed by atoms with E-state index in [9.17, 15) is 10.1 Å². The lowest BCUT2D eigenvalue weighted by Crippen LogP contribution is -2.49. The van der Waals surface area contributed by atoms with Crippen molar-refractivity contribution in [2.75, 3.05) is 0 Å². The second kappa shape index (κ2) is 11.1. The second-order valence-corrected chi connectivity index (χ2v) is 13.0. The summed E-state index contributed by atoms with van der Waals surface area (Å²) in [6, 6.07) is 9.45. The Kier molecular flexibility index (Phi) is 8.43. The van der Waals surface area contributed by atoms with E-state index < -0.39 is 35.1 Å². The summed E-state index contributed by atoms with van der Waals surface area (Å²) in [6.07, 6.45) is 4.18. The Bertz CT molecular complexity index is 1230. The van der Waals surface area contributed by atoms with Crippen molar-refractivity contribution in [3.8, 4) is 6.07 Å². The van der Waals surface area contributed by atoms with Gasteiger partial charge in [-0.15, -0.1) is 0 Å². The third-order valence-electron chi connectivity index (χ3n) is 8.09. The Morgan fingerprint density at radius 2 is 1.84 bits per heavy atom. The van der Waals surface area contributed by atoms with Gasteiger partial charge in [-0.25, -0.2) is 8.78 Å². The van der Waals surface area contributed by atoms with Gasteiger partial charge in [-0.1, -0.05) is 69.1 Å². The maximum absolute atomic E-state index is 15.7. The summed E-state index contributed by atoms with van der Waals surface area (Å²) in [5.41, 5.74) is -1.71. The normalized spacial score (nSPS) is 29.6. The number of carbonyl (C=O) groups excluding carboxylic acids is 1. The third-order valence-corrected chi connectivity index (χ3v) is 8.62. The van der Waals surface area contributed by atoms with Crippen molar-refractivity contribution in [1.29, 1.82) is 5.26 Å². The number of nitrogens with one attached hydrogen (secondary N) is 2. The number of carbonyl (C=O) groups is 1. The summed E-state index contributed by atoms with van der Waals surface area (Å²) in [5, 5.41) is 17.5. The van der Waals surface area contributed by atoms with E-state index in [2.05, 4.69) is 23.6 Å². The fourth-order valence-corrected chi connectivity index (χ4v) is 6.59. The first kappa shape index (κ1) is 28.8. The molecule has 0 unspecified atom stereocenters. The van der Waals surface area contributed by atoms with Crippen LogP contribution in [0.15, 0.2) is 36.4 Å². The molecule has 2 aromatic carbocycles. The highest BCUT2D eigenvalue weighted by atomic mass is 35.5. The Hall–Kier alpha value is -2.20. The highest BCUT2D eigenvalue weighted by molar-refractivity contribution is 6.31. The van der Waals surface area contributed by atoms with Crippen LogP contribution < -0.4 is 10.6 Å². The molecular weight excluding hydrogens is 527 g/mol. The number of rotatable bonds is 5. The zero-order valence-electron chi connectivity index (χ0n) is 22.3. The van der Waals surface area contributed by atoms with Crippen LogP contribution in [0.3, 0.4) is 0 Å². The van der Waals surface area contributed by atoms with E-state index in [0.717, 1.165) is 31.7 Å². The molecule has 0 spiro atoms. The van der Waals surface area contributed by atoms with Crippen LogP contribution in [-0.2, 0) is 10.2 Å². The lowest BCUT2D eigenvalue weighted by Gasteiger charge is -2.37. The Morgan fingerprint density at radius 3 is 2.45 bits per heavy atom. The van der Waals surface area contributed by atoms with Crippen LogP contribution in [0, 0.1) is 34.3 Å². The predicted molar refractivity (Wildman–Crippen MR) is 147 cm³/mol. The minimum absolute atomic E-state index is 0.00391. The van der Waals surface area contributed by atoms with Gasteiger partial charge in [0.2, 0.25) is 5.91 Å². The van der Waals surface area contributed by atoms with Gasteiger partial charge in [0.05, 0.1) is 17.1 Å². The van der Waals surface area contributed by atoms with Crippen LogP contribution in [0.4, 0.5) is 8.78 Å². The monoisotopic (exact) mass is 561 g/mol. The van der Waals surface area contributed by atoms with Crippen LogP contribution in [-0.4, -0.2) is 24.0 Å². The van der Waals surface area contributed by atoms with Crippen molar-refractivity contribution >= 4 is 29.1 Å². The standard InChI is InChI=1S/C30H35Cl2F2N3O/c1-17-8-11-19(12-9-17)36-28(38)27-25(20-6-5-7-22(32)26(20)34)30(16-35,24(37-27)15-29(2,3)4)21-13-10-18(31)14-23(21)33/h5-7,10,13-14,17,19,24-25,27,37H,8-9,11-12,15H2,1-4H3,(H,36,38)/t17-,19-,24-,25-,27+,30-/m0/s1. The predicted octanol–water partition coefficient (Wildman–Crippen LogP) is 7.29. The molecule has 8 heteroatoms. The first-order valence-electron chi connectivity index (χ1n) is 13.2. The fourth-order valence-electron chi connectivity index (χ4n) is 6.25. The maximum atomic E-state index is 15.7. The smallest absolute Gasteiger partial charge is 0.238 e. The average molecular weight is 563 g/mol. The molecule has 2 N–H and O–H groups in total. The summed E-state index contributed by atoms with van der Waals surface area (Å²) in [6.45, 7) is 8.25. The molecule has 1 heterocycles. The molecule has 0 radical (unpaired) electrons. The van der Waals surface area contributed by atoms with E-state index in [1.54, 1.807) is 6.07 Å². The Labute approximate surface area is 234 Å². The molecule has 2 fully saturated rings. The van der Waals surface area contributed by atoms with Gasteiger partial charge in [0.1, 0.15) is 17.0 Å². The highest BCUT2D eigenvalue weighted by Gasteiger charge is 2.61. The van der Waals surface area contributed by atoms with Gasteiger partial charge in [0, 0.05) is 28.6 Å².